The Kier molecular flexibility index (Phi) is 6.31. The number of halogens is 1. The third kappa shape index (κ3) is 4.74. The zero-order chi connectivity index (χ0) is 15.1. The predicted molar refractivity (Wildman–Crippen MR) is 77.9 cm³/mol. The van der Waals surface area contributed by atoms with Gasteiger partial charge in [0.2, 0.25) is 0 Å². The van der Waals surface area contributed by atoms with E-state index in [2.05, 4.69) is 10.6 Å². The van der Waals surface area contributed by atoms with E-state index in [0.29, 0.717) is 17.9 Å². The van der Waals surface area contributed by atoms with Crippen molar-refractivity contribution >= 4 is 23.6 Å². The van der Waals surface area contributed by atoms with E-state index in [1.54, 1.807) is 19.1 Å². The first-order chi connectivity index (χ1) is 9.45. The summed E-state index contributed by atoms with van der Waals surface area (Å²) in [5.41, 5.74) is 0.784. The number of amides is 2. The van der Waals surface area contributed by atoms with Crippen molar-refractivity contribution < 1.29 is 14.7 Å². The summed E-state index contributed by atoms with van der Waals surface area (Å²) in [5.74, 6) is -1.03. The number of carbonyl (C=O) groups is 2. The van der Waals surface area contributed by atoms with Crippen molar-refractivity contribution in [2.24, 2.45) is 0 Å². The van der Waals surface area contributed by atoms with Gasteiger partial charge in [-0.3, -0.25) is 0 Å². The van der Waals surface area contributed by atoms with Gasteiger partial charge in [-0.15, -0.1) is 0 Å². The molecule has 2 amide bonds. The van der Waals surface area contributed by atoms with Crippen LogP contribution in [0.4, 0.5) is 4.79 Å². The molecule has 6 heteroatoms. The van der Waals surface area contributed by atoms with Gasteiger partial charge >= 0.3 is 12.0 Å². The molecule has 110 valence electrons. The van der Waals surface area contributed by atoms with Crippen molar-refractivity contribution in [2.75, 3.05) is 0 Å². The second-order valence-electron chi connectivity index (χ2n) is 4.54. The number of nitrogens with one attached hydrogen (secondary N) is 2. The van der Waals surface area contributed by atoms with Crippen LogP contribution in [0.3, 0.4) is 0 Å². The summed E-state index contributed by atoms with van der Waals surface area (Å²) in [6.45, 7) is 3.65. The van der Waals surface area contributed by atoms with Gasteiger partial charge in [-0.1, -0.05) is 43.1 Å². The topological polar surface area (TPSA) is 78.4 Å². The number of hydrogen-bond donors (Lipinski definition) is 3. The molecule has 0 aliphatic heterocycles. The molecule has 20 heavy (non-hydrogen) atoms. The van der Waals surface area contributed by atoms with Crippen LogP contribution in [0.25, 0.3) is 0 Å². The smallest absolute Gasteiger partial charge is 0.326 e. The summed E-state index contributed by atoms with van der Waals surface area (Å²) < 4.78 is 0. The number of carbonyl (C=O) groups excluding carboxylic acids is 1. The maximum Gasteiger partial charge on any atom is 0.326 e. The number of aliphatic carboxylic acids is 1. The third-order valence-electron chi connectivity index (χ3n) is 2.90. The van der Waals surface area contributed by atoms with E-state index in [0.717, 1.165) is 5.56 Å². The molecule has 0 aliphatic rings. The van der Waals surface area contributed by atoms with E-state index < -0.39 is 18.0 Å². The van der Waals surface area contributed by atoms with Crippen molar-refractivity contribution in [3.63, 3.8) is 0 Å². The zero-order valence-corrected chi connectivity index (χ0v) is 12.3. The molecule has 0 aromatic heterocycles. The standard InChI is InChI=1S/C14H19ClN2O3/c1-3-6-12(13(18)19)17-14(20)16-9(2)10-7-4-5-8-11(10)15/h4-5,7-9,12H,3,6H2,1-2H3,(H,18,19)(H2,16,17,20)/t9?,12-/m1/s1. The largest absolute Gasteiger partial charge is 0.480 e. The fraction of sp³-hybridized carbons (Fsp3) is 0.429. The van der Waals surface area contributed by atoms with Gasteiger partial charge in [-0.2, -0.15) is 0 Å². The maximum absolute atomic E-state index is 11.8. The highest BCUT2D eigenvalue weighted by molar-refractivity contribution is 6.31. The van der Waals surface area contributed by atoms with Crippen molar-refractivity contribution in [1.82, 2.24) is 10.6 Å². The molecular formula is C14H19ClN2O3. The van der Waals surface area contributed by atoms with Crippen LogP contribution in [-0.2, 0) is 4.79 Å². The van der Waals surface area contributed by atoms with Crippen molar-refractivity contribution in [1.29, 1.82) is 0 Å². The van der Waals surface area contributed by atoms with E-state index in [1.807, 2.05) is 19.1 Å². The average Bonchev–Trinajstić information content (AvgIpc) is 2.38. The fourth-order valence-electron chi connectivity index (χ4n) is 1.85. The van der Waals surface area contributed by atoms with Crippen LogP contribution in [0.1, 0.15) is 38.3 Å². The van der Waals surface area contributed by atoms with Gasteiger partial charge in [0, 0.05) is 5.02 Å². The molecule has 1 rings (SSSR count). The van der Waals surface area contributed by atoms with E-state index in [9.17, 15) is 9.59 Å². The lowest BCUT2D eigenvalue weighted by Crippen LogP contribution is -2.46. The van der Waals surface area contributed by atoms with Crippen LogP contribution < -0.4 is 10.6 Å². The summed E-state index contributed by atoms with van der Waals surface area (Å²) in [6, 6.07) is 5.49. The second-order valence-corrected chi connectivity index (χ2v) is 4.95. The molecule has 0 aliphatic carbocycles. The monoisotopic (exact) mass is 298 g/mol. The number of rotatable bonds is 6. The number of carboxylic acids is 1. The lowest BCUT2D eigenvalue weighted by atomic mass is 10.1. The first-order valence-electron chi connectivity index (χ1n) is 6.50. The van der Waals surface area contributed by atoms with Gasteiger partial charge < -0.3 is 15.7 Å². The van der Waals surface area contributed by atoms with Crippen LogP contribution in [0.15, 0.2) is 24.3 Å². The minimum absolute atomic E-state index is 0.306. The van der Waals surface area contributed by atoms with Gasteiger partial charge in [0.05, 0.1) is 6.04 Å². The molecule has 0 fully saturated rings. The van der Waals surface area contributed by atoms with Gasteiger partial charge in [0.15, 0.2) is 0 Å². The van der Waals surface area contributed by atoms with Crippen LogP contribution in [0, 0.1) is 0 Å². The lowest BCUT2D eigenvalue weighted by molar-refractivity contribution is -0.139. The molecule has 2 atom stereocenters. The zero-order valence-electron chi connectivity index (χ0n) is 11.5. The molecular weight excluding hydrogens is 280 g/mol. The maximum atomic E-state index is 11.8. The lowest BCUT2D eigenvalue weighted by Gasteiger charge is -2.19. The van der Waals surface area contributed by atoms with Crippen LogP contribution in [-0.4, -0.2) is 23.1 Å². The molecule has 0 radical (unpaired) electrons. The Bertz CT molecular complexity index is 479. The van der Waals surface area contributed by atoms with E-state index >= 15 is 0 Å². The highest BCUT2D eigenvalue weighted by atomic mass is 35.5. The minimum Gasteiger partial charge on any atom is -0.480 e. The van der Waals surface area contributed by atoms with Crippen LogP contribution >= 0.6 is 11.6 Å². The summed E-state index contributed by atoms with van der Waals surface area (Å²) >= 11 is 6.04. The highest BCUT2D eigenvalue weighted by Gasteiger charge is 2.20. The number of benzene rings is 1. The Balaban J connectivity index is 2.62. The number of urea groups is 1. The molecule has 0 saturated heterocycles. The molecule has 0 spiro atoms. The highest BCUT2D eigenvalue weighted by Crippen LogP contribution is 2.21. The normalized spacial score (nSPS) is 13.3. The molecule has 1 aromatic carbocycles. The fourth-order valence-corrected chi connectivity index (χ4v) is 2.15. The number of carboxylic acid groups (broad SMARTS) is 1. The second kappa shape index (κ2) is 7.75. The van der Waals surface area contributed by atoms with Crippen molar-refractivity contribution in [3.8, 4) is 0 Å². The summed E-state index contributed by atoms with van der Waals surface area (Å²) in [6.07, 6.45) is 1.07. The van der Waals surface area contributed by atoms with Crippen molar-refractivity contribution in [3.05, 3.63) is 34.9 Å². The number of hydrogen-bond acceptors (Lipinski definition) is 2. The summed E-state index contributed by atoms with van der Waals surface area (Å²) in [4.78, 5) is 22.8. The molecule has 0 saturated carbocycles. The Hall–Kier alpha value is -1.75. The molecule has 1 unspecified atom stereocenters. The van der Waals surface area contributed by atoms with Gasteiger partial charge in [-0.05, 0) is 25.0 Å². The first-order valence-corrected chi connectivity index (χ1v) is 6.87. The predicted octanol–water partition coefficient (Wildman–Crippen LogP) is 2.95. The van der Waals surface area contributed by atoms with E-state index in [4.69, 9.17) is 16.7 Å². The average molecular weight is 299 g/mol. The Morgan fingerprint density at radius 1 is 1.30 bits per heavy atom. The molecule has 3 N–H and O–H groups in total. The summed E-state index contributed by atoms with van der Waals surface area (Å²) in [5, 5.41) is 14.7. The Morgan fingerprint density at radius 2 is 1.95 bits per heavy atom. The van der Waals surface area contributed by atoms with E-state index in [1.165, 1.54) is 0 Å². The van der Waals surface area contributed by atoms with Gasteiger partial charge in [0.1, 0.15) is 6.04 Å². The van der Waals surface area contributed by atoms with Gasteiger partial charge in [-0.25, -0.2) is 9.59 Å². The van der Waals surface area contributed by atoms with Crippen molar-refractivity contribution in [2.45, 2.75) is 38.8 Å². The third-order valence-corrected chi connectivity index (χ3v) is 3.24. The SMILES string of the molecule is CCC[C@@H](NC(=O)NC(C)c1ccccc1Cl)C(=O)O. The van der Waals surface area contributed by atoms with Gasteiger partial charge in [0.25, 0.3) is 0 Å². The molecule has 0 bridgehead atoms. The quantitative estimate of drug-likeness (QED) is 0.755. The molecule has 5 nitrogen and oxygen atoms in total. The first kappa shape index (κ1) is 16.3. The van der Waals surface area contributed by atoms with Crippen LogP contribution in [0.2, 0.25) is 5.02 Å². The Labute approximate surface area is 123 Å². The Morgan fingerprint density at radius 3 is 2.50 bits per heavy atom. The molecule has 0 heterocycles. The van der Waals surface area contributed by atoms with Crippen LogP contribution in [0.5, 0.6) is 0 Å². The minimum atomic E-state index is -1.03. The van der Waals surface area contributed by atoms with E-state index in [-0.39, 0.29) is 6.04 Å². The molecule has 1 aromatic rings. The summed E-state index contributed by atoms with van der Waals surface area (Å²) in [7, 11) is 0.